The second kappa shape index (κ2) is 41.1. The van der Waals surface area contributed by atoms with E-state index in [0.29, 0.717) is 64.3 Å². The zero-order valence-corrected chi connectivity index (χ0v) is 48.8. The van der Waals surface area contributed by atoms with Crippen LogP contribution in [0.3, 0.4) is 0 Å². The van der Waals surface area contributed by atoms with Gasteiger partial charge < -0.3 is 36.6 Å². The van der Waals surface area contributed by atoms with Gasteiger partial charge in [-0.2, -0.15) is 23.5 Å². The molecule has 432 valence electrons. The maximum absolute atomic E-state index is 13.6. The molecule has 0 heterocycles. The number of Topliss-reactive ketones (excluding diaryl/α,β-unsaturated/α-hetero) is 6. The predicted molar refractivity (Wildman–Crippen MR) is 313 cm³/mol. The molecule has 6 N–H and O–H groups in total. The van der Waals surface area contributed by atoms with Gasteiger partial charge in [0.05, 0.1) is 18.1 Å². The number of ketones is 6. The second-order valence-electron chi connectivity index (χ2n) is 21.0. The highest BCUT2D eigenvalue weighted by atomic mass is 32.2. The molecule has 4 amide bonds. The number of hydrogen-bond acceptors (Lipinski definition) is 13. The lowest BCUT2D eigenvalue weighted by Gasteiger charge is -2.25. The van der Waals surface area contributed by atoms with Gasteiger partial charge in [0.25, 0.3) is 0 Å². The summed E-state index contributed by atoms with van der Waals surface area (Å²) in [6, 6.07) is 17.1. The van der Waals surface area contributed by atoms with Gasteiger partial charge in [-0.15, -0.1) is 0 Å². The van der Waals surface area contributed by atoms with Crippen LogP contribution in [0, 0.1) is 35.5 Å². The monoisotopic (exact) mass is 1110 g/mol. The molecule has 0 aliphatic carbocycles. The molecule has 2 aromatic carbocycles. The van der Waals surface area contributed by atoms with Gasteiger partial charge in [0.15, 0.2) is 11.6 Å². The van der Waals surface area contributed by atoms with Gasteiger partial charge in [0.1, 0.15) is 23.1 Å². The number of thioether (sulfide) groups is 2. The van der Waals surface area contributed by atoms with Gasteiger partial charge in [-0.05, 0) is 132 Å². The maximum atomic E-state index is 13.6. The van der Waals surface area contributed by atoms with Crippen molar-refractivity contribution in [2.24, 2.45) is 41.2 Å². The molecular weight excluding hydrogens is 1010 g/mol. The minimum absolute atomic E-state index is 0. The van der Waals surface area contributed by atoms with Crippen LogP contribution in [0.2, 0.25) is 0 Å². The van der Waals surface area contributed by atoms with Crippen molar-refractivity contribution in [2.75, 3.05) is 37.1 Å². The Balaban J connectivity index is 0.00000149. The SMILES string of the molecule is C.CSCCC(CC(C)=O)C(=O)NC(CC(C)C)C(=O)CC(Cc1ccccc1)C(=O)NCCC(C)=O.CSCCC(CC(C)=O)C(=O)NC(CC(C)C)C(=O)CC(Cc1ccccc1)C(=O)NCCCCC(N)C(C)=O. The van der Waals surface area contributed by atoms with E-state index in [1.165, 1.54) is 27.7 Å². The smallest absolute Gasteiger partial charge is 0.224 e. The fraction of sp³-hybridized carbons (Fsp3) is 0.633. The van der Waals surface area contributed by atoms with Crippen molar-refractivity contribution < 1.29 is 47.9 Å². The molecule has 0 radical (unpaired) electrons. The highest BCUT2D eigenvalue weighted by Gasteiger charge is 2.32. The topological polar surface area (TPSA) is 245 Å². The van der Waals surface area contributed by atoms with Crippen LogP contribution in [0.5, 0.6) is 0 Å². The maximum Gasteiger partial charge on any atom is 0.224 e. The Hall–Kier alpha value is -5.00. The summed E-state index contributed by atoms with van der Waals surface area (Å²) in [5.41, 5.74) is 7.67. The van der Waals surface area contributed by atoms with E-state index >= 15 is 0 Å². The predicted octanol–water partition coefficient (Wildman–Crippen LogP) is 8.30. The minimum atomic E-state index is -0.732. The Morgan fingerprint density at radius 3 is 1.22 bits per heavy atom. The molecule has 0 saturated heterocycles. The Kier molecular flexibility index (Phi) is 38.4. The number of hydrogen-bond donors (Lipinski definition) is 5. The number of unbranched alkanes of at least 4 members (excludes halogenated alkanes) is 1. The van der Waals surface area contributed by atoms with Crippen LogP contribution in [0.15, 0.2) is 60.7 Å². The van der Waals surface area contributed by atoms with Crippen molar-refractivity contribution >= 4 is 81.9 Å². The minimum Gasteiger partial charge on any atom is -0.356 e. The average molecular weight is 1110 g/mol. The lowest BCUT2D eigenvalue weighted by Crippen LogP contribution is -2.46. The van der Waals surface area contributed by atoms with Gasteiger partial charge in [0.2, 0.25) is 23.6 Å². The fourth-order valence-electron chi connectivity index (χ4n) is 8.57. The summed E-state index contributed by atoms with van der Waals surface area (Å²) in [7, 11) is 0. The quantitative estimate of drug-likeness (QED) is 0.0396. The molecule has 0 fully saturated rings. The first-order chi connectivity index (χ1) is 36.0. The number of benzene rings is 2. The zero-order valence-electron chi connectivity index (χ0n) is 47.2. The molecule has 7 atom stereocenters. The van der Waals surface area contributed by atoms with Crippen LogP contribution in [0.1, 0.15) is 151 Å². The summed E-state index contributed by atoms with van der Waals surface area (Å²) < 4.78 is 0. The third-order valence-corrected chi connectivity index (χ3v) is 14.1. The number of nitrogens with one attached hydrogen (secondary N) is 4. The number of carbonyl (C=O) groups excluding carboxylic acids is 10. The molecule has 0 saturated carbocycles. The molecule has 0 aromatic heterocycles. The Morgan fingerprint density at radius 1 is 0.494 bits per heavy atom. The largest absolute Gasteiger partial charge is 0.356 e. The van der Waals surface area contributed by atoms with E-state index < -0.39 is 41.8 Å². The van der Waals surface area contributed by atoms with Crippen LogP contribution in [-0.4, -0.2) is 114 Å². The van der Waals surface area contributed by atoms with Gasteiger partial charge in [-0.3, -0.25) is 38.4 Å². The first kappa shape index (κ1) is 72.0. The normalized spacial score (nSPS) is 13.7. The molecule has 0 bridgehead atoms. The molecule has 7 unspecified atom stereocenters. The van der Waals surface area contributed by atoms with E-state index in [1.54, 1.807) is 23.5 Å². The molecule has 0 aliphatic rings. The first-order valence-electron chi connectivity index (χ1n) is 27.0. The molecule has 77 heavy (non-hydrogen) atoms. The molecule has 17 heteroatoms. The van der Waals surface area contributed by atoms with Crippen LogP contribution < -0.4 is 27.0 Å². The Labute approximate surface area is 469 Å². The van der Waals surface area contributed by atoms with Gasteiger partial charge in [-0.1, -0.05) is 95.8 Å². The Morgan fingerprint density at radius 2 is 0.883 bits per heavy atom. The molecule has 0 spiro atoms. The molecule has 2 rings (SSSR count). The standard InChI is InChI=1S/C31H49N3O5S.C28H42N2O5S.CH4/c1-21(2)17-28(34-31(39)25(14-16-40-5)18-22(3)35)29(37)20-26(19-24-11-7-6-8-12-24)30(38)33-15-10-9-13-27(32)23(4)36;1-19(2)15-25(30-28(35)23(12-14-36-5)16-21(4)32)26(33)18-24(17-22-9-7-6-8-10-22)27(34)29-13-11-20(3)31;/h6-8,11-12,21,25-28H,9-10,13-20,32H2,1-5H3,(H,33,38)(H,34,39);6-10,19,23-25H,11-18H2,1-5H3,(H,29,34)(H,30,35);1H4. The van der Waals surface area contributed by atoms with E-state index in [2.05, 4.69) is 21.3 Å². The number of nitrogens with two attached hydrogens (primary N) is 1. The lowest BCUT2D eigenvalue weighted by molar-refractivity contribution is -0.134. The van der Waals surface area contributed by atoms with E-state index in [-0.39, 0.29) is 116 Å². The van der Waals surface area contributed by atoms with Crippen LogP contribution >= 0.6 is 23.5 Å². The van der Waals surface area contributed by atoms with Crippen molar-refractivity contribution in [3.63, 3.8) is 0 Å². The fourth-order valence-corrected chi connectivity index (χ4v) is 9.61. The lowest BCUT2D eigenvalue weighted by atomic mass is 9.88. The van der Waals surface area contributed by atoms with E-state index in [0.717, 1.165) is 22.6 Å². The third-order valence-electron chi connectivity index (χ3n) is 12.8. The summed E-state index contributed by atoms with van der Waals surface area (Å²) in [4.78, 5) is 126. The molecule has 2 aromatic rings. The number of amides is 4. The van der Waals surface area contributed by atoms with Crippen molar-refractivity contribution in [2.45, 2.75) is 171 Å². The van der Waals surface area contributed by atoms with Crippen molar-refractivity contribution in [1.29, 1.82) is 0 Å². The summed E-state index contributed by atoms with van der Waals surface area (Å²) in [6.45, 7) is 14.5. The average Bonchev–Trinajstić information content (AvgIpc) is 3.35. The van der Waals surface area contributed by atoms with Crippen LogP contribution in [-0.2, 0) is 60.8 Å². The number of carbonyl (C=O) groups is 10. The summed E-state index contributed by atoms with van der Waals surface area (Å²) in [5.74, 6) is -2.03. The summed E-state index contributed by atoms with van der Waals surface area (Å²) in [6.07, 6.45) is 9.14. The van der Waals surface area contributed by atoms with E-state index in [9.17, 15) is 47.9 Å². The zero-order chi connectivity index (χ0) is 57.2. The summed E-state index contributed by atoms with van der Waals surface area (Å²) in [5, 5.41) is 11.6. The van der Waals surface area contributed by atoms with Crippen molar-refractivity contribution in [1.82, 2.24) is 21.3 Å². The highest BCUT2D eigenvalue weighted by molar-refractivity contribution is 7.98. The molecule has 0 aliphatic heterocycles. The third kappa shape index (κ3) is 33.1. The van der Waals surface area contributed by atoms with Gasteiger partial charge in [0, 0.05) is 68.9 Å². The number of rotatable bonds is 39. The highest BCUT2D eigenvalue weighted by Crippen LogP contribution is 2.22. The summed E-state index contributed by atoms with van der Waals surface area (Å²) >= 11 is 3.22. The van der Waals surface area contributed by atoms with Crippen molar-refractivity contribution in [3.8, 4) is 0 Å². The molecule has 15 nitrogen and oxygen atoms in total. The first-order valence-corrected chi connectivity index (χ1v) is 29.8. The second-order valence-corrected chi connectivity index (χ2v) is 23.0. The van der Waals surface area contributed by atoms with E-state index in [4.69, 9.17) is 5.73 Å². The Bertz CT molecular complexity index is 2120. The molecular formula is C60H95N5O10S2. The van der Waals surface area contributed by atoms with Gasteiger partial charge in [-0.25, -0.2) is 0 Å². The van der Waals surface area contributed by atoms with Crippen molar-refractivity contribution in [3.05, 3.63) is 71.8 Å². The van der Waals surface area contributed by atoms with Gasteiger partial charge >= 0.3 is 0 Å². The van der Waals surface area contributed by atoms with Crippen LogP contribution in [0.4, 0.5) is 0 Å². The van der Waals surface area contributed by atoms with Crippen LogP contribution in [0.25, 0.3) is 0 Å². The van der Waals surface area contributed by atoms with E-state index in [1.807, 2.05) is 101 Å².